The van der Waals surface area contributed by atoms with Crippen molar-refractivity contribution < 1.29 is 14.3 Å². The lowest BCUT2D eigenvalue weighted by Crippen LogP contribution is -2.40. The van der Waals surface area contributed by atoms with Crippen molar-refractivity contribution >= 4 is 24.2 Å². The second-order valence-corrected chi connectivity index (χ2v) is 8.18. The molecule has 2 amide bonds. The Kier molecular flexibility index (Phi) is 8.78. The van der Waals surface area contributed by atoms with Crippen molar-refractivity contribution in [3.05, 3.63) is 28.8 Å². The number of rotatable bonds is 6. The minimum atomic E-state index is -0.0625. The number of nitrogens with zero attached hydrogens (tertiary/aromatic N) is 1. The molecule has 1 aliphatic heterocycles. The van der Waals surface area contributed by atoms with E-state index >= 15 is 0 Å². The van der Waals surface area contributed by atoms with Gasteiger partial charge in [0.05, 0.1) is 0 Å². The molecule has 1 aromatic rings. The Hall–Kier alpha value is -1.79. The number of nitrogens with two attached hydrogens (primary N) is 1. The highest BCUT2D eigenvalue weighted by atomic mass is 35.5. The number of carbonyl (C=O) groups is 2. The number of likely N-dealkylation sites (tertiary alicyclic amines) is 1. The third-order valence-electron chi connectivity index (χ3n) is 6.05. The topological polar surface area (TPSA) is 84.7 Å². The summed E-state index contributed by atoms with van der Waals surface area (Å²) in [6, 6.07) is 3.85. The summed E-state index contributed by atoms with van der Waals surface area (Å²) in [5.41, 5.74) is 8.20. The maximum atomic E-state index is 12.7. The predicted octanol–water partition coefficient (Wildman–Crippen LogP) is 2.97. The van der Waals surface area contributed by atoms with Gasteiger partial charge in [-0.2, -0.15) is 0 Å². The average Bonchev–Trinajstić information content (AvgIpc) is 3.14. The lowest BCUT2D eigenvalue weighted by atomic mass is 10.0. The van der Waals surface area contributed by atoms with Crippen molar-refractivity contribution in [2.45, 2.75) is 58.4 Å². The summed E-state index contributed by atoms with van der Waals surface area (Å²) in [6.07, 6.45) is 6.52. The second-order valence-electron chi connectivity index (χ2n) is 8.18. The van der Waals surface area contributed by atoms with Crippen LogP contribution in [0.4, 0.5) is 0 Å². The van der Waals surface area contributed by atoms with Gasteiger partial charge < -0.3 is 20.7 Å². The summed E-state index contributed by atoms with van der Waals surface area (Å²) in [7, 11) is 0. The molecule has 1 saturated heterocycles. The van der Waals surface area contributed by atoms with Crippen molar-refractivity contribution in [1.82, 2.24) is 10.2 Å². The summed E-state index contributed by atoms with van der Waals surface area (Å²) in [5.74, 6) is 1.04. The number of hydrogen-bond acceptors (Lipinski definition) is 4. The van der Waals surface area contributed by atoms with Crippen molar-refractivity contribution in [3.8, 4) is 5.75 Å². The third-order valence-corrected chi connectivity index (χ3v) is 6.05. The van der Waals surface area contributed by atoms with Gasteiger partial charge in [-0.3, -0.25) is 9.59 Å². The van der Waals surface area contributed by atoms with Crippen molar-refractivity contribution in [2.75, 3.05) is 26.2 Å². The van der Waals surface area contributed by atoms with Crippen LogP contribution >= 0.6 is 12.4 Å². The van der Waals surface area contributed by atoms with E-state index in [9.17, 15) is 9.59 Å². The van der Waals surface area contributed by atoms with E-state index in [2.05, 4.69) is 5.32 Å². The molecule has 29 heavy (non-hydrogen) atoms. The molecule has 2 aliphatic rings. The third kappa shape index (κ3) is 5.86. The van der Waals surface area contributed by atoms with Gasteiger partial charge in [-0.1, -0.05) is 6.42 Å². The maximum Gasteiger partial charge on any atom is 0.260 e. The van der Waals surface area contributed by atoms with Crippen LogP contribution < -0.4 is 15.8 Å². The molecule has 6 nitrogen and oxygen atoms in total. The normalized spacial score (nSPS) is 21.4. The van der Waals surface area contributed by atoms with Gasteiger partial charge in [-0.25, -0.2) is 0 Å². The van der Waals surface area contributed by atoms with Crippen LogP contribution in [0.5, 0.6) is 5.75 Å². The Morgan fingerprint density at radius 3 is 2.38 bits per heavy atom. The number of aryl methyl sites for hydroxylation is 2. The fraction of sp³-hybridized carbons (Fsp3) is 0.636. The zero-order chi connectivity index (χ0) is 20.1. The highest BCUT2D eigenvalue weighted by Crippen LogP contribution is 2.27. The minimum Gasteiger partial charge on any atom is -0.483 e. The molecule has 3 N–H and O–H groups in total. The summed E-state index contributed by atoms with van der Waals surface area (Å²) in [4.78, 5) is 26.9. The Balaban J connectivity index is 0.00000300. The Bertz CT molecular complexity index is 696. The predicted molar refractivity (Wildman–Crippen MR) is 117 cm³/mol. The number of nitrogens with one attached hydrogen (secondary N) is 1. The van der Waals surface area contributed by atoms with Crippen LogP contribution in [0.25, 0.3) is 0 Å². The Morgan fingerprint density at radius 2 is 1.76 bits per heavy atom. The highest BCUT2D eigenvalue weighted by Gasteiger charge is 2.28. The molecule has 0 aromatic heterocycles. The molecule has 1 heterocycles. The van der Waals surface area contributed by atoms with Crippen LogP contribution in [0.2, 0.25) is 0 Å². The number of piperidine rings is 1. The first-order chi connectivity index (χ1) is 13.5. The van der Waals surface area contributed by atoms with Gasteiger partial charge in [0.2, 0.25) is 0 Å². The number of carbonyl (C=O) groups excluding carboxylic acids is 2. The highest BCUT2D eigenvalue weighted by molar-refractivity contribution is 5.95. The van der Waals surface area contributed by atoms with E-state index in [0.717, 1.165) is 56.3 Å². The molecule has 2 fully saturated rings. The average molecular weight is 424 g/mol. The van der Waals surface area contributed by atoms with Crippen molar-refractivity contribution in [3.63, 3.8) is 0 Å². The summed E-state index contributed by atoms with van der Waals surface area (Å²) < 4.78 is 5.85. The van der Waals surface area contributed by atoms with Gasteiger partial charge in [-0.05, 0) is 81.7 Å². The zero-order valence-electron chi connectivity index (χ0n) is 17.5. The monoisotopic (exact) mass is 423 g/mol. The largest absolute Gasteiger partial charge is 0.483 e. The van der Waals surface area contributed by atoms with Gasteiger partial charge >= 0.3 is 0 Å². The first kappa shape index (κ1) is 23.5. The first-order valence-corrected chi connectivity index (χ1v) is 10.5. The quantitative estimate of drug-likeness (QED) is 0.736. The molecule has 0 radical (unpaired) electrons. The molecule has 0 bridgehead atoms. The van der Waals surface area contributed by atoms with E-state index < -0.39 is 0 Å². The van der Waals surface area contributed by atoms with Gasteiger partial charge in [0, 0.05) is 24.7 Å². The van der Waals surface area contributed by atoms with Crippen molar-refractivity contribution in [1.29, 1.82) is 0 Å². The van der Waals surface area contributed by atoms with Crippen LogP contribution in [0.15, 0.2) is 12.1 Å². The van der Waals surface area contributed by atoms with Crippen LogP contribution in [0.3, 0.4) is 0 Å². The van der Waals surface area contributed by atoms with E-state index in [1.165, 1.54) is 6.42 Å². The number of halogens is 1. The molecular weight excluding hydrogens is 390 g/mol. The maximum absolute atomic E-state index is 12.7. The fourth-order valence-electron chi connectivity index (χ4n) is 4.44. The molecular formula is C22H34ClN3O3. The fourth-order valence-corrected chi connectivity index (χ4v) is 4.44. The number of hydrogen-bond donors (Lipinski definition) is 2. The number of ether oxygens (including phenoxy) is 1. The number of amides is 2. The molecule has 7 heteroatoms. The molecule has 1 aromatic carbocycles. The Morgan fingerprint density at radius 1 is 1.10 bits per heavy atom. The zero-order valence-corrected chi connectivity index (χ0v) is 18.4. The molecule has 2 atom stereocenters. The standard InChI is InChI=1S/C22H33N3O3.ClH/c1-15-11-18(22(27)24-19-8-6-7-17(19)13-23)12-16(2)21(15)28-14-20(26)25-9-4-3-5-10-25;/h11-12,17,19H,3-10,13-14,23H2,1-2H3,(H,24,27);1H. The molecule has 1 aliphatic carbocycles. The van der Waals surface area contributed by atoms with E-state index in [1.807, 2.05) is 30.9 Å². The lowest BCUT2D eigenvalue weighted by molar-refractivity contribution is -0.134. The molecule has 3 rings (SSSR count). The summed E-state index contributed by atoms with van der Waals surface area (Å²) in [6.45, 7) is 6.15. The van der Waals surface area contributed by atoms with E-state index in [4.69, 9.17) is 10.5 Å². The van der Waals surface area contributed by atoms with Gasteiger partial charge in [0.1, 0.15) is 5.75 Å². The van der Waals surface area contributed by atoms with Crippen LogP contribution in [-0.2, 0) is 4.79 Å². The van der Waals surface area contributed by atoms with Crippen LogP contribution in [0.1, 0.15) is 60.0 Å². The lowest BCUT2D eigenvalue weighted by Gasteiger charge is -2.27. The van der Waals surface area contributed by atoms with Gasteiger partial charge in [0.15, 0.2) is 6.61 Å². The number of benzene rings is 1. The second kappa shape index (κ2) is 10.8. The molecule has 2 unspecified atom stereocenters. The summed E-state index contributed by atoms with van der Waals surface area (Å²) in [5, 5.41) is 3.14. The SMILES string of the molecule is Cc1cc(C(=O)NC2CCCC2CN)cc(C)c1OCC(=O)N1CCCCC1.Cl. The molecule has 1 saturated carbocycles. The summed E-state index contributed by atoms with van der Waals surface area (Å²) >= 11 is 0. The van der Waals surface area contributed by atoms with E-state index in [-0.39, 0.29) is 36.9 Å². The molecule has 162 valence electrons. The molecule has 0 spiro atoms. The Labute approximate surface area is 179 Å². The van der Waals surface area contributed by atoms with Gasteiger partial charge in [-0.15, -0.1) is 12.4 Å². The van der Waals surface area contributed by atoms with Gasteiger partial charge in [0.25, 0.3) is 11.8 Å². The van der Waals surface area contributed by atoms with Crippen LogP contribution in [0, 0.1) is 19.8 Å². The van der Waals surface area contributed by atoms with Crippen LogP contribution in [-0.4, -0.2) is 49.0 Å². The van der Waals surface area contributed by atoms with E-state index in [1.54, 1.807) is 0 Å². The minimum absolute atomic E-state index is 0. The smallest absolute Gasteiger partial charge is 0.260 e. The van der Waals surface area contributed by atoms with E-state index in [0.29, 0.717) is 23.8 Å². The van der Waals surface area contributed by atoms with Crippen molar-refractivity contribution in [2.24, 2.45) is 11.7 Å². The first-order valence-electron chi connectivity index (χ1n) is 10.5.